The fourth-order valence-electron chi connectivity index (χ4n) is 3.19. The molecule has 8 heteroatoms. The highest BCUT2D eigenvalue weighted by Gasteiger charge is 2.37. The number of nitrogens with one attached hydrogen (secondary N) is 1. The average Bonchev–Trinajstić information content (AvgIpc) is 2.79. The number of phenolic OH excluding ortho intramolecular Hbond substituents is 1. The second-order valence-corrected chi connectivity index (χ2v) is 7.18. The third-order valence-electron chi connectivity index (χ3n) is 4.32. The zero-order valence-electron chi connectivity index (χ0n) is 12.5. The van der Waals surface area contributed by atoms with Crippen LogP contribution in [0.1, 0.15) is 24.0 Å². The summed E-state index contributed by atoms with van der Waals surface area (Å²) in [5.74, 6) is -1.47. The number of rotatable bonds is 3. The second kappa shape index (κ2) is 5.61. The van der Waals surface area contributed by atoms with E-state index in [1.807, 2.05) is 0 Å². The SMILES string of the molecule is C=CCC1(N)CCc2cc(O)c(N3CC(=O)NS3=O)c(F)c2C1. The minimum Gasteiger partial charge on any atom is -0.506 e. The van der Waals surface area contributed by atoms with Gasteiger partial charge >= 0.3 is 0 Å². The summed E-state index contributed by atoms with van der Waals surface area (Å²) in [5, 5.41) is 10.1. The standard InChI is InChI=1S/C15H18FN3O3S/c1-2-4-15(17)5-3-9-6-11(20)14(13(16)10(9)7-15)19-8-12(21)18-23(19)22/h2,6,20H,1,3-5,7-8,17H2,(H,18,21). The quantitative estimate of drug-likeness (QED) is 0.710. The number of amides is 1. The number of carbonyl (C=O) groups excluding carboxylic acids is 1. The van der Waals surface area contributed by atoms with Gasteiger partial charge in [-0.15, -0.1) is 6.58 Å². The summed E-state index contributed by atoms with van der Waals surface area (Å²) in [4.78, 5) is 11.4. The van der Waals surface area contributed by atoms with Gasteiger partial charge in [-0.2, -0.15) is 0 Å². The molecule has 0 saturated carbocycles. The van der Waals surface area contributed by atoms with Gasteiger partial charge in [0.15, 0.2) is 5.82 Å². The van der Waals surface area contributed by atoms with E-state index in [1.165, 1.54) is 6.07 Å². The number of halogens is 1. The van der Waals surface area contributed by atoms with E-state index in [4.69, 9.17) is 5.73 Å². The van der Waals surface area contributed by atoms with E-state index in [1.54, 1.807) is 6.08 Å². The molecule has 3 rings (SSSR count). The summed E-state index contributed by atoms with van der Waals surface area (Å²) in [7, 11) is 0. The van der Waals surface area contributed by atoms with Crippen LogP contribution in [-0.2, 0) is 28.8 Å². The van der Waals surface area contributed by atoms with Crippen LogP contribution in [0.15, 0.2) is 18.7 Å². The Morgan fingerprint density at radius 3 is 2.96 bits per heavy atom. The summed E-state index contributed by atoms with van der Waals surface area (Å²) >= 11 is -1.90. The van der Waals surface area contributed by atoms with Gasteiger partial charge in [-0.3, -0.25) is 13.8 Å². The highest BCUT2D eigenvalue weighted by molar-refractivity contribution is 7.85. The molecule has 0 bridgehead atoms. The van der Waals surface area contributed by atoms with E-state index in [9.17, 15) is 18.5 Å². The molecular weight excluding hydrogens is 321 g/mol. The molecule has 0 aromatic heterocycles. The molecule has 0 spiro atoms. The van der Waals surface area contributed by atoms with Crippen LogP contribution in [0.3, 0.4) is 0 Å². The number of hydrogen-bond acceptors (Lipinski definition) is 4. The van der Waals surface area contributed by atoms with Crippen molar-refractivity contribution in [3.8, 4) is 5.75 Å². The van der Waals surface area contributed by atoms with Crippen molar-refractivity contribution in [3.05, 3.63) is 35.7 Å². The highest BCUT2D eigenvalue weighted by Crippen LogP contribution is 2.41. The molecule has 124 valence electrons. The van der Waals surface area contributed by atoms with E-state index in [0.29, 0.717) is 36.8 Å². The minimum absolute atomic E-state index is 0.219. The lowest BCUT2D eigenvalue weighted by molar-refractivity contribution is -0.117. The maximum Gasteiger partial charge on any atom is 0.253 e. The Kier molecular flexibility index (Phi) is 3.89. The van der Waals surface area contributed by atoms with Gasteiger partial charge in [0.2, 0.25) is 11.2 Å². The van der Waals surface area contributed by atoms with Crippen LogP contribution >= 0.6 is 0 Å². The molecule has 1 amide bonds. The van der Waals surface area contributed by atoms with Crippen molar-refractivity contribution in [3.63, 3.8) is 0 Å². The van der Waals surface area contributed by atoms with Gasteiger partial charge < -0.3 is 10.8 Å². The normalized spacial score (nSPS) is 26.8. The van der Waals surface area contributed by atoms with Crippen LogP contribution < -0.4 is 14.8 Å². The largest absolute Gasteiger partial charge is 0.506 e. The first kappa shape index (κ1) is 15.9. The lowest BCUT2D eigenvalue weighted by Gasteiger charge is -2.35. The Morgan fingerprint density at radius 1 is 1.61 bits per heavy atom. The van der Waals surface area contributed by atoms with Gasteiger partial charge in [-0.1, -0.05) is 6.08 Å². The molecular formula is C15H18FN3O3S. The molecule has 1 fully saturated rings. The number of aromatic hydroxyl groups is 1. The molecule has 2 atom stereocenters. The van der Waals surface area contributed by atoms with Crippen LogP contribution in [0.4, 0.5) is 10.1 Å². The Morgan fingerprint density at radius 2 is 2.35 bits per heavy atom. The average molecular weight is 339 g/mol. The van der Waals surface area contributed by atoms with Crippen LogP contribution in [0.2, 0.25) is 0 Å². The number of nitrogens with zero attached hydrogens (tertiary/aromatic N) is 1. The number of carbonyl (C=O) groups is 1. The van der Waals surface area contributed by atoms with Crippen LogP contribution in [-0.4, -0.2) is 27.3 Å². The zero-order chi connectivity index (χ0) is 16.8. The Labute approximate surface area is 135 Å². The summed E-state index contributed by atoms with van der Waals surface area (Å²) in [6.07, 6.45) is 3.78. The summed E-state index contributed by atoms with van der Waals surface area (Å²) in [5.41, 5.74) is 6.60. The first-order valence-corrected chi connectivity index (χ1v) is 8.37. The predicted molar refractivity (Wildman–Crippen MR) is 85.5 cm³/mol. The molecule has 1 saturated heterocycles. The molecule has 1 aliphatic heterocycles. The number of aryl methyl sites for hydroxylation is 1. The van der Waals surface area contributed by atoms with E-state index < -0.39 is 28.4 Å². The topological polar surface area (TPSA) is 95.7 Å². The van der Waals surface area contributed by atoms with Crippen molar-refractivity contribution in [2.45, 2.75) is 31.2 Å². The zero-order valence-corrected chi connectivity index (χ0v) is 13.3. The van der Waals surface area contributed by atoms with Crippen molar-refractivity contribution >= 4 is 22.8 Å². The summed E-state index contributed by atoms with van der Waals surface area (Å²) in [6.45, 7) is 3.42. The highest BCUT2D eigenvalue weighted by atomic mass is 32.2. The third kappa shape index (κ3) is 2.72. The monoisotopic (exact) mass is 339 g/mol. The van der Waals surface area contributed by atoms with Crippen molar-refractivity contribution < 1.29 is 18.5 Å². The maximum absolute atomic E-state index is 15.0. The lowest BCUT2D eigenvalue weighted by Crippen LogP contribution is -2.45. The second-order valence-electron chi connectivity index (χ2n) is 6.04. The van der Waals surface area contributed by atoms with Gasteiger partial charge in [0.1, 0.15) is 18.0 Å². The molecule has 2 aliphatic rings. The van der Waals surface area contributed by atoms with E-state index in [-0.39, 0.29) is 18.0 Å². The van der Waals surface area contributed by atoms with Crippen molar-refractivity contribution in [1.82, 2.24) is 4.72 Å². The van der Waals surface area contributed by atoms with E-state index in [0.717, 1.165) is 4.31 Å². The van der Waals surface area contributed by atoms with E-state index >= 15 is 0 Å². The summed E-state index contributed by atoms with van der Waals surface area (Å²) < 4.78 is 30.1. The summed E-state index contributed by atoms with van der Waals surface area (Å²) in [6, 6.07) is 1.47. The molecule has 1 aliphatic carbocycles. The smallest absolute Gasteiger partial charge is 0.253 e. The van der Waals surface area contributed by atoms with Gasteiger partial charge in [-0.25, -0.2) is 8.60 Å². The van der Waals surface area contributed by atoms with Gasteiger partial charge in [0, 0.05) is 5.54 Å². The fraction of sp³-hybridized carbons (Fsp3) is 0.400. The first-order valence-electron chi connectivity index (χ1n) is 7.26. The number of benzene rings is 1. The van der Waals surface area contributed by atoms with Gasteiger partial charge in [-0.05, 0) is 42.9 Å². The van der Waals surface area contributed by atoms with Crippen molar-refractivity contribution in [2.24, 2.45) is 5.73 Å². The number of anilines is 1. The number of hydrogen-bond donors (Lipinski definition) is 3. The van der Waals surface area contributed by atoms with E-state index in [2.05, 4.69) is 11.3 Å². The molecule has 2 unspecified atom stereocenters. The molecule has 4 N–H and O–H groups in total. The Balaban J connectivity index is 2.06. The molecule has 1 aromatic carbocycles. The number of fused-ring (bicyclic) bond motifs is 1. The Hall–Kier alpha value is -1.93. The van der Waals surface area contributed by atoms with Crippen LogP contribution in [0.25, 0.3) is 0 Å². The van der Waals surface area contributed by atoms with Crippen molar-refractivity contribution in [1.29, 1.82) is 0 Å². The van der Waals surface area contributed by atoms with Gasteiger partial charge in [0.25, 0.3) is 5.91 Å². The third-order valence-corrected chi connectivity index (χ3v) is 5.44. The van der Waals surface area contributed by atoms with Crippen LogP contribution in [0.5, 0.6) is 5.75 Å². The molecule has 6 nitrogen and oxygen atoms in total. The van der Waals surface area contributed by atoms with Crippen LogP contribution in [0, 0.1) is 5.82 Å². The molecule has 1 heterocycles. The van der Waals surface area contributed by atoms with Gasteiger partial charge in [0.05, 0.1) is 0 Å². The number of nitrogens with two attached hydrogens (primary N) is 1. The lowest BCUT2D eigenvalue weighted by atomic mass is 9.76. The molecule has 1 aromatic rings. The van der Waals surface area contributed by atoms with Crippen molar-refractivity contribution in [2.75, 3.05) is 10.8 Å². The Bertz CT molecular complexity index is 724. The minimum atomic E-state index is -1.90. The predicted octanol–water partition coefficient (Wildman–Crippen LogP) is 0.809. The number of phenols is 1. The fourth-order valence-corrected chi connectivity index (χ4v) is 4.13. The maximum atomic E-state index is 15.0. The molecule has 0 radical (unpaired) electrons. The molecule has 23 heavy (non-hydrogen) atoms. The first-order chi connectivity index (χ1) is 10.8.